The number of aromatic amines is 1. The molecular weight excluding hydrogens is 258 g/mol. The molecule has 6 heteroatoms. The molecule has 104 valence electrons. The van der Waals surface area contributed by atoms with Crippen LogP contribution in [-0.4, -0.2) is 23.2 Å². The van der Waals surface area contributed by atoms with Crippen LogP contribution in [0.1, 0.15) is 21.6 Å². The average Bonchev–Trinajstić information content (AvgIpc) is 2.43. The van der Waals surface area contributed by atoms with Gasteiger partial charge in [-0.25, -0.2) is 5.10 Å². The zero-order chi connectivity index (χ0) is 14.7. The number of nitrogens with zero attached hydrogens (tertiary/aromatic N) is 1. The van der Waals surface area contributed by atoms with Gasteiger partial charge in [-0.05, 0) is 43.2 Å². The van der Waals surface area contributed by atoms with Gasteiger partial charge in [0.25, 0.3) is 11.5 Å². The van der Waals surface area contributed by atoms with Crippen LogP contribution >= 0.6 is 0 Å². The Kier molecular flexibility index (Phi) is 3.84. The minimum Gasteiger partial charge on any atom is -0.495 e. The van der Waals surface area contributed by atoms with E-state index in [0.717, 1.165) is 11.1 Å². The van der Waals surface area contributed by atoms with Gasteiger partial charge in [-0.2, -0.15) is 5.10 Å². The van der Waals surface area contributed by atoms with E-state index in [9.17, 15) is 9.59 Å². The fourth-order valence-corrected chi connectivity index (χ4v) is 1.71. The van der Waals surface area contributed by atoms with Crippen LogP contribution in [-0.2, 0) is 0 Å². The summed E-state index contributed by atoms with van der Waals surface area (Å²) in [7, 11) is 1.54. The molecule has 0 fully saturated rings. The highest BCUT2D eigenvalue weighted by molar-refractivity contribution is 6.03. The summed E-state index contributed by atoms with van der Waals surface area (Å²) in [6.07, 6.45) is 0. The van der Waals surface area contributed by atoms with Crippen LogP contribution < -0.4 is 15.6 Å². The summed E-state index contributed by atoms with van der Waals surface area (Å²) in [5, 5.41) is 8.61. The summed E-state index contributed by atoms with van der Waals surface area (Å²) in [5.74, 6) is 0.161. The van der Waals surface area contributed by atoms with Crippen LogP contribution in [0.3, 0.4) is 0 Å². The third kappa shape index (κ3) is 2.85. The van der Waals surface area contributed by atoms with E-state index in [1.807, 2.05) is 26.0 Å². The second-order valence-corrected chi connectivity index (χ2v) is 4.40. The van der Waals surface area contributed by atoms with Gasteiger partial charge in [0, 0.05) is 6.07 Å². The maximum absolute atomic E-state index is 12.0. The highest BCUT2D eigenvalue weighted by Crippen LogP contribution is 2.28. The predicted molar refractivity (Wildman–Crippen MR) is 75.3 cm³/mol. The molecule has 0 saturated heterocycles. The molecule has 6 nitrogen and oxygen atoms in total. The first-order valence-corrected chi connectivity index (χ1v) is 6.03. The monoisotopic (exact) mass is 273 g/mol. The van der Waals surface area contributed by atoms with Gasteiger partial charge in [0.2, 0.25) is 0 Å². The van der Waals surface area contributed by atoms with Crippen LogP contribution in [0.15, 0.2) is 29.1 Å². The zero-order valence-electron chi connectivity index (χ0n) is 11.5. The SMILES string of the molecule is COc1cc(C)c(C)cc1NC(=O)c1ccc(=O)[nH]n1. The topological polar surface area (TPSA) is 84.1 Å². The molecular formula is C14H15N3O3. The molecule has 1 aromatic heterocycles. The number of nitrogens with one attached hydrogen (secondary N) is 2. The summed E-state index contributed by atoms with van der Waals surface area (Å²) in [6, 6.07) is 6.30. The van der Waals surface area contributed by atoms with Crippen molar-refractivity contribution in [2.24, 2.45) is 0 Å². The molecule has 0 aliphatic carbocycles. The molecule has 0 radical (unpaired) electrons. The molecule has 0 atom stereocenters. The number of carbonyl (C=O) groups excluding carboxylic acids is 1. The van der Waals surface area contributed by atoms with E-state index in [1.54, 1.807) is 0 Å². The van der Waals surface area contributed by atoms with Crippen molar-refractivity contribution in [1.29, 1.82) is 0 Å². The molecule has 2 aromatic rings. The van der Waals surface area contributed by atoms with Gasteiger partial charge in [-0.3, -0.25) is 9.59 Å². The molecule has 1 aromatic carbocycles. The highest BCUT2D eigenvalue weighted by Gasteiger charge is 2.12. The number of hydrogen-bond acceptors (Lipinski definition) is 4. The second-order valence-electron chi connectivity index (χ2n) is 4.40. The number of rotatable bonds is 3. The van der Waals surface area contributed by atoms with E-state index in [4.69, 9.17) is 4.74 Å². The number of hydrogen-bond donors (Lipinski definition) is 2. The first kappa shape index (κ1) is 13.8. The van der Waals surface area contributed by atoms with Crippen molar-refractivity contribution in [3.8, 4) is 5.75 Å². The van der Waals surface area contributed by atoms with Gasteiger partial charge in [0.15, 0.2) is 0 Å². The average molecular weight is 273 g/mol. The van der Waals surface area contributed by atoms with E-state index in [2.05, 4.69) is 15.5 Å². The Labute approximate surface area is 115 Å². The molecule has 2 N–H and O–H groups in total. The molecule has 0 bridgehead atoms. The summed E-state index contributed by atoms with van der Waals surface area (Å²) in [6.45, 7) is 3.91. The number of anilines is 1. The molecule has 0 unspecified atom stereocenters. The molecule has 0 aliphatic rings. The van der Waals surface area contributed by atoms with Crippen molar-refractivity contribution < 1.29 is 9.53 Å². The Hall–Kier alpha value is -2.63. The Morgan fingerprint density at radius 1 is 1.25 bits per heavy atom. The van der Waals surface area contributed by atoms with Gasteiger partial charge in [-0.15, -0.1) is 0 Å². The smallest absolute Gasteiger partial charge is 0.276 e. The van der Waals surface area contributed by atoms with Gasteiger partial charge < -0.3 is 10.1 Å². The standard InChI is InChI=1S/C14H15N3O3/c1-8-6-11(12(20-3)7-9(8)2)15-14(19)10-4-5-13(18)17-16-10/h4-7H,1-3H3,(H,15,19)(H,17,18). The molecule has 0 spiro atoms. The number of benzene rings is 1. The van der Waals surface area contributed by atoms with Crippen LogP contribution in [0.4, 0.5) is 5.69 Å². The predicted octanol–water partition coefficient (Wildman–Crippen LogP) is 1.65. The molecule has 0 aliphatic heterocycles. The van der Waals surface area contributed by atoms with E-state index < -0.39 is 5.91 Å². The van der Waals surface area contributed by atoms with E-state index in [1.165, 1.54) is 19.2 Å². The minimum absolute atomic E-state index is 0.130. The number of H-pyrrole nitrogens is 1. The Balaban J connectivity index is 2.29. The van der Waals surface area contributed by atoms with Gasteiger partial charge in [-0.1, -0.05) is 0 Å². The van der Waals surface area contributed by atoms with Gasteiger partial charge >= 0.3 is 0 Å². The van der Waals surface area contributed by atoms with Crippen LogP contribution in [0.2, 0.25) is 0 Å². The fourth-order valence-electron chi connectivity index (χ4n) is 1.71. The lowest BCUT2D eigenvalue weighted by Gasteiger charge is -2.12. The lowest BCUT2D eigenvalue weighted by molar-refractivity contribution is 0.102. The normalized spacial score (nSPS) is 10.2. The van der Waals surface area contributed by atoms with Crippen LogP contribution in [0, 0.1) is 13.8 Å². The van der Waals surface area contributed by atoms with Gasteiger partial charge in [0.05, 0.1) is 12.8 Å². The number of carbonyl (C=O) groups is 1. The Bertz CT molecular complexity index is 687. The second kappa shape index (κ2) is 5.56. The Morgan fingerprint density at radius 2 is 1.95 bits per heavy atom. The summed E-state index contributed by atoms with van der Waals surface area (Å²) in [5.41, 5.74) is 2.45. The van der Waals surface area contributed by atoms with Crippen molar-refractivity contribution in [3.63, 3.8) is 0 Å². The van der Waals surface area contributed by atoms with E-state index in [-0.39, 0.29) is 11.3 Å². The van der Waals surface area contributed by atoms with Crippen molar-refractivity contribution in [2.75, 3.05) is 12.4 Å². The summed E-state index contributed by atoms with van der Waals surface area (Å²) >= 11 is 0. The van der Waals surface area contributed by atoms with Crippen molar-refractivity contribution in [2.45, 2.75) is 13.8 Å². The fraction of sp³-hybridized carbons (Fsp3) is 0.214. The maximum atomic E-state index is 12.0. The molecule has 20 heavy (non-hydrogen) atoms. The van der Waals surface area contributed by atoms with E-state index in [0.29, 0.717) is 11.4 Å². The molecule has 0 saturated carbocycles. The van der Waals surface area contributed by atoms with Crippen molar-refractivity contribution in [1.82, 2.24) is 10.2 Å². The van der Waals surface area contributed by atoms with Gasteiger partial charge in [0.1, 0.15) is 11.4 Å². The Morgan fingerprint density at radius 3 is 2.55 bits per heavy atom. The van der Waals surface area contributed by atoms with E-state index >= 15 is 0 Å². The number of ether oxygens (including phenoxy) is 1. The van der Waals surface area contributed by atoms with Crippen LogP contribution in [0.5, 0.6) is 5.75 Å². The molecule has 2 rings (SSSR count). The lowest BCUT2D eigenvalue weighted by Crippen LogP contribution is -2.18. The zero-order valence-corrected chi connectivity index (χ0v) is 11.5. The lowest BCUT2D eigenvalue weighted by atomic mass is 10.1. The summed E-state index contributed by atoms with van der Waals surface area (Å²) in [4.78, 5) is 23.0. The third-order valence-electron chi connectivity index (χ3n) is 2.98. The molecule has 1 amide bonds. The first-order valence-electron chi connectivity index (χ1n) is 6.03. The number of methoxy groups -OCH3 is 1. The van der Waals surface area contributed by atoms with Crippen molar-refractivity contribution in [3.05, 3.63) is 51.4 Å². The van der Waals surface area contributed by atoms with Crippen LogP contribution in [0.25, 0.3) is 0 Å². The number of aromatic nitrogens is 2. The number of aryl methyl sites for hydroxylation is 2. The maximum Gasteiger partial charge on any atom is 0.276 e. The first-order chi connectivity index (χ1) is 9.51. The number of amides is 1. The highest BCUT2D eigenvalue weighted by atomic mass is 16.5. The quantitative estimate of drug-likeness (QED) is 0.890. The minimum atomic E-state index is -0.414. The van der Waals surface area contributed by atoms with Crippen molar-refractivity contribution >= 4 is 11.6 Å². The summed E-state index contributed by atoms with van der Waals surface area (Å²) < 4.78 is 5.24. The third-order valence-corrected chi connectivity index (χ3v) is 2.98. The largest absolute Gasteiger partial charge is 0.495 e. The molecule has 1 heterocycles.